The number of hydrogen-bond donors (Lipinski definition) is 1. The second kappa shape index (κ2) is 9.20. The smallest absolute Gasteiger partial charge is 0.257 e. The number of fused-ring (bicyclic) bond motifs is 1. The van der Waals surface area contributed by atoms with E-state index in [2.05, 4.69) is 4.90 Å². The van der Waals surface area contributed by atoms with Gasteiger partial charge < -0.3 is 14.9 Å². The van der Waals surface area contributed by atoms with Crippen LogP contribution in [0.2, 0.25) is 0 Å². The quantitative estimate of drug-likeness (QED) is 0.813. The lowest BCUT2D eigenvalue weighted by Crippen LogP contribution is -2.34. The van der Waals surface area contributed by atoms with Crippen molar-refractivity contribution in [3.05, 3.63) is 42.0 Å². The van der Waals surface area contributed by atoms with Gasteiger partial charge in [0.05, 0.1) is 5.56 Å². The zero-order chi connectivity index (χ0) is 16.9. The zero-order valence-corrected chi connectivity index (χ0v) is 16.5. The number of phenols is 1. The van der Waals surface area contributed by atoms with E-state index in [0.29, 0.717) is 12.1 Å². The molecule has 0 bridgehead atoms. The number of phenolic OH excluding ortho intramolecular Hbond substituents is 1. The second-order valence-corrected chi connectivity index (χ2v) is 6.70. The first-order valence-corrected chi connectivity index (χ1v) is 8.85. The fourth-order valence-corrected chi connectivity index (χ4v) is 3.42. The monoisotopic (exact) mass is 406 g/mol. The first-order chi connectivity index (χ1) is 11.6. The van der Waals surface area contributed by atoms with Crippen molar-refractivity contribution < 1.29 is 9.90 Å². The molecule has 0 atom stereocenters. The molecular weight excluding hydrogens is 380 g/mol. The van der Waals surface area contributed by atoms with Crippen LogP contribution in [0.25, 0.3) is 10.8 Å². The SMILES string of the molecule is Br.CN(CCCN1CCCCC1)C(=O)c1cc2ccccc2cc1O. The molecule has 1 N–H and O–H groups in total. The van der Waals surface area contributed by atoms with Crippen LogP contribution < -0.4 is 0 Å². The van der Waals surface area contributed by atoms with Gasteiger partial charge in [0.25, 0.3) is 5.91 Å². The van der Waals surface area contributed by atoms with Crippen molar-refractivity contribution in [2.24, 2.45) is 0 Å². The van der Waals surface area contributed by atoms with Crippen LogP contribution in [0.15, 0.2) is 36.4 Å². The van der Waals surface area contributed by atoms with Gasteiger partial charge in [-0.25, -0.2) is 0 Å². The van der Waals surface area contributed by atoms with Crippen LogP contribution in [0, 0.1) is 0 Å². The van der Waals surface area contributed by atoms with Gasteiger partial charge in [0.1, 0.15) is 5.75 Å². The highest BCUT2D eigenvalue weighted by atomic mass is 79.9. The van der Waals surface area contributed by atoms with Crippen LogP contribution in [-0.4, -0.2) is 54.0 Å². The summed E-state index contributed by atoms with van der Waals surface area (Å²) in [6.45, 7) is 4.12. The summed E-state index contributed by atoms with van der Waals surface area (Å²) in [5.41, 5.74) is 0.383. The molecule has 0 spiro atoms. The van der Waals surface area contributed by atoms with E-state index in [-0.39, 0.29) is 28.6 Å². The van der Waals surface area contributed by atoms with Crippen molar-refractivity contribution in [1.29, 1.82) is 0 Å². The fraction of sp³-hybridized carbons (Fsp3) is 0.450. The van der Waals surface area contributed by atoms with Crippen LogP contribution >= 0.6 is 17.0 Å². The number of nitrogens with zero attached hydrogens (tertiary/aromatic N) is 2. The minimum atomic E-state index is -0.114. The summed E-state index contributed by atoms with van der Waals surface area (Å²) < 4.78 is 0. The molecule has 0 saturated carbocycles. The molecule has 4 nitrogen and oxygen atoms in total. The number of hydrogen-bond acceptors (Lipinski definition) is 3. The maximum atomic E-state index is 12.6. The highest BCUT2D eigenvalue weighted by molar-refractivity contribution is 8.93. The molecule has 1 saturated heterocycles. The maximum absolute atomic E-state index is 12.6. The van der Waals surface area contributed by atoms with Crippen molar-refractivity contribution in [1.82, 2.24) is 9.80 Å². The van der Waals surface area contributed by atoms with Crippen LogP contribution in [0.5, 0.6) is 5.75 Å². The molecule has 1 aliphatic heterocycles. The Morgan fingerprint density at radius 2 is 1.76 bits per heavy atom. The predicted molar refractivity (Wildman–Crippen MR) is 108 cm³/mol. The van der Waals surface area contributed by atoms with E-state index in [9.17, 15) is 9.90 Å². The summed E-state index contributed by atoms with van der Waals surface area (Å²) in [6.07, 6.45) is 4.90. The van der Waals surface area contributed by atoms with E-state index in [1.807, 2.05) is 31.3 Å². The van der Waals surface area contributed by atoms with E-state index < -0.39 is 0 Å². The Bertz CT molecular complexity index is 714. The Balaban J connectivity index is 0.00000225. The van der Waals surface area contributed by atoms with E-state index >= 15 is 0 Å². The van der Waals surface area contributed by atoms with Gasteiger partial charge in [-0.2, -0.15) is 0 Å². The molecule has 2 aromatic carbocycles. The lowest BCUT2D eigenvalue weighted by atomic mass is 10.0. The van der Waals surface area contributed by atoms with Crippen LogP contribution in [0.4, 0.5) is 0 Å². The highest BCUT2D eigenvalue weighted by Gasteiger charge is 2.17. The van der Waals surface area contributed by atoms with Crippen molar-refractivity contribution in [3.63, 3.8) is 0 Å². The summed E-state index contributed by atoms with van der Waals surface area (Å²) in [5, 5.41) is 12.1. The van der Waals surface area contributed by atoms with Gasteiger partial charge in [-0.05, 0) is 61.8 Å². The van der Waals surface area contributed by atoms with Crippen molar-refractivity contribution in [2.75, 3.05) is 33.2 Å². The average molecular weight is 407 g/mol. The molecule has 5 heteroatoms. The van der Waals surface area contributed by atoms with E-state index in [1.165, 1.54) is 32.4 Å². The van der Waals surface area contributed by atoms with E-state index in [4.69, 9.17) is 0 Å². The Hall–Kier alpha value is -1.59. The zero-order valence-electron chi connectivity index (χ0n) is 14.8. The van der Waals surface area contributed by atoms with Gasteiger partial charge in [0, 0.05) is 13.6 Å². The number of piperidine rings is 1. The lowest BCUT2D eigenvalue weighted by molar-refractivity contribution is 0.0784. The number of benzene rings is 2. The Morgan fingerprint density at radius 1 is 1.12 bits per heavy atom. The topological polar surface area (TPSA) is 43.8 Å². The van der Waals surface area contributed by atoms with Gasteiger partial charge in [-0.15, -0.1) is 17.0 Å². The van der Waals surface area contributed by atoms with Crippen LogP contribution in [0.3, 0.4) is 0 Å². The normalized spacial score (nSPS) is 14.9. The number of amides is 1. The third kappa shape index (κ3) is 4.95. The Morgan fingerprint density at radius 3 is 2.44 bits per heavy atom. The first kappa shape index (κ1) is 19.7. The Kier molecular flexibility index (Phi) is 7.26. The first-order valence-electron chi connectivity index (χ1n) is 8.85. The molecule has 1 fully saturated rings. The third-order valence-electron chi connectivity index (χ3n) is 4.86. The fourth-order valence-electron chi connectivity index (χ4n) is 3.42. The molecular formula is C20H27BrN2O2. The summed E-state index contributed by atoms with van der Waals surface area (Å²) in [4.78, 5) is 16.8. The van der Waals surface area contributed by atoms with Crippen LogP contribution in [-0.2, 0) is 0 Å². The molecule has 0 aromatic heterocycles. The third-order valence-corrected chi connectivity index (χ3v) is 4.86. The van der Waals surface area contributed by atoms with Crippen molar-refractivity contribution >= 4 is 33.7 Å². The average Bonchev–Trinajstić information content (AvgIpc) is 2.61. The van der Waals surface area contributed by atoms with Crippen molar-refractivity contribution in [3.8, 4) is 5.75 Å². The molecule has 1 amide bonds. The summed E-state index contributed by atoms with van der Waals surface area (Å²) >= 11 is 0. The van der Waals surface area contributed by atoms with Gasteiger partial charge in [0.15, 0.2) is 0 Å². The van der Waals surface area contributed by atoms with Gasteiger partial charge >= 0.3 is 0 Å². The highest BCUT2D eigenvalue weighted by Crippen LogP contribution is 2.26. The molecule has 136 valence electrons. The summed E-state index contributed by atoms with van der Waals surface area (Å²) in [6, 6.07) is 11.2. The molecule has 0 aliphatic carbocycles. The number of carbonyl (C=O) groups excluding carboxylic acids is 1. The molecule has 1 heterocycles. The second-order valence-electron chi connectivity index (χ2n) is 6.70. The number of likely N-dealkylation sites (tertiary alicyclic amines) is 1. The number of carbonyl (C=O) groups is 1. The van der Waals surface area contributed by atoms with E-state index in [1.54, 1.807) is 17.0 Å². The largest absolute Gasteiger partial charge is 0.507 e. The van der Waals surface area contributed by atoms with Gasteiger partial charge in [-0.1, -0.05) is 30.7 Å². The molecule has 2 aromatic rings. The number of rotatable bonds is 5. The van der Waals surface area contributed by atoms with Crippen molar-refractivity contribution in [2.45, 2.75) is 25.7 Å². The maximum Gasteiger partial charge on any atom is 0.257 e. The van der Waals surface area contributed by atoms with Crippen LogP contribution in [0.1, 0.15) is 36.0 Å². The molecule has 25 heavy (non-hydrogen) atoms. The minimum absolute atomic E-state index is 0. The summed E-state index contributed by atoms with van der Waals surface area (Å²) in [7, 11) is 1.81. The van der Waals surface area contributed by atoms with E-state index in [0.717, 1.165) is 23.7 Å². The number of halogens is 1. The number of aromatic hydroxyl groups is 1. The lowest BCUT2D eigenvalue weighted by Gasteiger charge is -2.27. The molecule has 1 aliphatic rings. The minimum Gasteiger partial charge on any atom is -0.507 e. The predicted octanol–water partition coefficient (Wildman–Crippen LogP) is 4.07. The Labute approximate surface area is 160 Å². The summed E-state index contributed by atoms with van der Waals surface area (Å²) in [5.74, 6) is -0.0570. The van der Waals surface area contributed by atoms with Gasteiger partial charge in [0.2, 0.25) is 0 Å². The molecule has 0 unspecified atom stereocenters. The van der Waals surface area contributed by atoms with Gasteiger partial charge in [-0.3, -0.25) is 4.79 Å². The standard InChI is InChI=1S/C20H26N2O2.BrH/c1-21(10-7-13-22-11-5-2-6-12-22)20(24)18-14-16-8-3-4-9-17(16)15-19(18)23;/h3-4,8-9,14-15,23H,2,5-7,10-13H2,1H3;1H. The molecule has 0 radical (unpaired) electrons. The molecule has 3 rings (SSSR count).